The highest BCUT2D eigenvalue weighted by Crippen LogP contribution is 2.28. The van der Waals surface area contributed by atoms with E-state index < -0.39 is 28.5 Å². The smallest absolute Gasteiger partial charge is 0.342 e. The largest absolute Gasteiger partial charge is 0.452 e. The van der Waals surface area contributed by atoms with Crippen molar-refractivity contribution in [2.45, 2.75) is 44.4 Å². The first-order chi connectivity index (χ1) is 15.1. The van der Waals surface area contributed by atoms with Crippen molar-refractivity contribution in [3.8, 4) is 0 Å². The molecule has 1 aromatic carbocycles. The Hall–Kier alpha value is -2.43. The molecule has 0 aliphatic carbocycles. The summed E-state index contributed by atoms with van der Waals surface area (Å²) in [6.07, 6.45) is 3.64. The van der Waals surface area contributed by atoms with Crippen molar-refractivity contribution >= 4 is 39.2 Å². The van der Waals surface area contributed by atoms with Gasteiger partial charge in [-0.15, -0.1) is 0 Å². The number of benzene rings is 1. The molecule has 1 aromatic heterocycles. The van der Waals surface area contributed by atoms with Crippen LogP contribution in [0.1, 0.15) is 47.4 Å². The fourth-order valence-corrected chi connectivity index (χ4v) is 5.36. The van der Waals surface area contributed by atoms with Crippen molar-refractivity contribution in [2.75, 3.05) is 25.0 Å². The molecule has 32 heavy (non-hydrogen) atoms. The Balaban J connectivity index is 1.69. The van der Waals surface area contributed by atoms with E-state index in [0.29, 0.717) is 30.0 Å². The Bertz CT molecular complexity index is 1120. The molecule has 0 spiro atoms. The molecule has 0 radical (unpaired) electrons. The van der Waals surface area contributed by atoms with Gasteiger partial charge in [-0.25, -0.2) is 13.2 Å². The maximum atomic E-state index is 13.0. The number of aryl methyl sites for hydroxylation is 2. The third kappa shape index (κ3) is 5.31. The lowest BCUT2D eigenvalue weighted by molar-refractivity contribution is -0.119. The summed E-state index contributed by atoms with van der Waals surface area (Å²) < 4.78 is 34.2. The Kier molecular flexibility index (Phi) is 7.58. The molecule has 0 atom stereocenters. The van der Waals surface area contributed by atoms with E-state index in [2.05, 4.69) is 10.4 Å². The number of esters is 1. The van der Waals surface area contributed by atoms with Crippen LogP contribution in [0.2, 0.25) is 5.02 Å². The second kappa shape index (κ2) is 10.0. The zero-order valence-corrected chi connectivity index (χ0v) is 19.9. The van der Waals surface area contributed by atoms with Gasteiger partial charge in [0, 0.05) is 25.8 Å². The SMILES string of the molecule is Cc1nn(C)c(C)c1C(=O)OCC(=O)Nc1cc(S(=O)(=O)N2CCCCCC2)ccc1Cl. The lowest BCUT2D eigenvalue weighted by Crippen LogP contribution is -2.32. The number of amides is 1. The number of sulfonamides is 1. The minimum absolute atomic E-state index is 0.0534. The van der Waals surface area contributed by atoms with Gasteiger partial charge < -0.3 is 10.1 Å². The van der Waals surface area contributed by atoms with Crippen molar-refractivity contribution < 1.29 is 22.7 Å². The third-order valence-electron chi connectivity index (χ3n) is 5.46. The van der Waals surface area contributed by atoms with Crippen LogP contribution in [0.25, 0.3) is 0 Å². The molecule has 1 aliphatic rings. The lowest BCUT2D eigenvalue weighted by atomic mass is 10.2. The molecule has 1 aliphatic heterocycles. The first kappa shape index (κ1) is 24.2. The summed E-state index contributed by atoms with van der Waals surface area (Å²) >= 11 is 6.16. The molecule has 2 heterocycles. The monoisotopic (exact) mass is 482 g/mol. The van der Waals surface area contributed by atoms with Crippen LogP contribution in [0.5, 0.6) is 0 Å². The highest BCUT2D eigenvalue weighted by Gasteiger charge is 2.26. The minimum atomic E-state index is -3.70. The van der Waals surface area contributed by atoms with Crippen molar-refractivity contribution in [1.82, 2.24) is 14.1 Å². The zero-order chi connectivity index (χ0) is 23.5. The molecular formula is C21H27ClN4O5S. The van der Waals surface area contributed by atoms with Crippen LogP contribution in [0.4, 0.5) is 5.69 Å². The first-order valence-electron chi connectivity index (χ1n) is 10.4. The number of halogens is 1. The van der Waals surface area contributed by atoms with E-state index in [9.17, 15) is 18.0 Å². The third-order valence-corrected chi connectivity index (χ3v) is 7.69. The summed E-state index contributed by atoms with van der Waals surface area (Å²) in [5.41, 5.74) is 1.58. The Labute approximate surface area is 192 Å². The molecule has 174 valence electrons. The van der Waals surface area contributed by atoms with Crippen molar-refractivity contribution in [1.29, 1.82) is 0 Å². The summed E-state index contributed by atoms with van der Waals surface area (Å²) in [5.74, 6) is -1.30. The quantitative estimate of drug-likeness (QED) is 0.633. The second-order valence-electron chi connectivity index (χ2n) is 7.75. The first-order valence-corrected chi connectivity index (χ1v) is 12.2. The van der Waals surface area contributed by atoms with Crippen LogP contribution < -0.4 is 5.32 Å². The predicted molar refractivity (Wildman–Crippen MR) is 120 cm³/mol. The second-order valence-corrected chi connectivity index (χ2v) is 10.1. The molecule has 11 heteroatoms. The van der Waals surface area contributed by atoms with Gasteiger partial charge in [-0.05, 0) is 44.9 Å². The van der Waals surface area contributed by atoms with E-state index in [1.165, 1.54) is 22.5 Å². The van der Waals surface area contributed by atoms with Crippen LogP contribution in [0, 0.1) is 13.8 Å². The van der Waals surface area contributed by atoms with E-state index in [4.69, 9.17) is 16.3 Å². The Morgan fingerprint density at radius 2 is 1.81 bits per heavy atom. The van der Waals surface area contributed by atoms with Crippen molar-refractivity contribution in [3.05, 3.63) is 40.2 Å². The molecule has 9 nitrogen and oxygen atoms in total. The number of hydrogen-bond donors (Lipinski definition) is 1. The fraction of sp³-hybridized carbons (Fsp3) is 0.476. The van der Waals surface area contributed by atoms with Crippen LogP contribution in [0.3, 0.4) is 0 Å². The van der Waals surface area contributed by atoms with E-state index in [1.807, 2.05) is 0 Å². The molecule has 0 unspecified atom stereocenters. The van der Waals surface area contributed by atoms with Crippen LogP contribution in [-0.2, 0) is 26.6 Å². The fourth-order valence-electron chi connectivity index (χ4n) is 3.65. The van der Waals surface area contributed by atoms with Crippen molar-refractivity contribution in [3.63, 3.8) is 0 Å². The molecule has 3 rings (SSSR count). The topological polar surface area (TPSA) is 111 Å². The van der Waals surface area contributed by atoms with Gasteiger partial charge in [-0.3, -0.25) is 9.48 Å². The van der Waals surface area contributed by atoms with Gasteiger partial charge in [-0.1, -0.05) is 24.4 Å². The highest BCUT2D eigenvalue weighted by atomic mass is 35.5. The normalized spacial score (nSPS) is 15.2. The molecule has 1 N–H and O–H groups in total. The summed E-state index contributed by atoms with van der Waals surface area (Å²) in [6, 6.07) is 4.18. The molecule has 1 amide bonds. The summed E-state index contributed by atoms with van der Waals surface area (Å²) in [5, 5.41) is 6.86. The van der Waals surface area contributed by atoms with Gasteiger partial charge in [0.15, 0.2) is 6.61 Å². The van der Waals surface area contributed by atoms with Crippen LogP contribution in [-0.4, -0.2) is 54.1 Å². The zero-order valence-electron chi connectivity index (χ0n) is 18.4. The minimum Gasteiger partial charge on any atom is -0.452 e. The summed E-state index contributed by atoms with van der Waals surface area (Å²) in [6.45, 7) is 3.80. The summed E-state index contributed by atoms with van der Waals surface area (Å²) in [7, 11) is -1.99. The number of carbonyl (C=O) groups excluding carboxylic acids is 2. The Morgan fingerprint density at radius 3 is 2.41 bits per heavy atom. The molecule has 2 aromatic rings. The number of nitrogens with one attached hydrogen (secondary N) is 1. The molecule has 1 fully saturated rings. The maximum absolute atomic E-state index is 13.0. The van der Waals surface area contributed by atoms with Gasteiger partial charge >= 0.3 is 5.97 Å². The number of hydrogen-bond acceptors (Lipinski definition) is 6. The number of anilines is 1. The molecular weight excluding hydrogens is 456 g/mol. The average Bonchev–Trinajstić information content (AvgIpc) is 2.94. The number of carbonyl (C=O) groups is 2. The van der Waals surface area contributed by atoms with Crippen molar-refractivity contribution in [2.24, 2.45) is 7.05 Å². The van der Waals surface area contributed by atoms with E-state index in [0.717, 1.165) is 25.7 Å². The number of aromatic nitrogens is 2. The highest BCUT2D eigenvalue weighted by molar-refractivity contribution is 7.89. The van der Waals surface area contributed by atoms with Crippen LogP contribution in [0.15, 0.2) is 23.1 Å². The lowest BCUT2D eigenvalue weighted by Gasteiger charge is -2.20. The number of ether oxygens (including phenoxy) is 1. The van der Waals surface area contributed by atoms with E-state index in [1.54, 1.807) is 25.6 Å². The number of rotatable bonds is 6. The van der Waals surface area contributed by atoms with Gasteiger partial charge in [-0.2, -0.15) is 9.40 Å². The van der Waals surface area contributed by atoms with Gasteiger partial charge in [0.2, 0.25) is 10.0 Å². The maximum Gasteiger partial charge on any atom is 0.342 e. The van der Waals surface area contributed by atoms with Crippen LogP contribution >= 0.6 is 11.6 Å². The van der Waals surface area contributed by atoms with Gasteiger partial charge in [0.25, 0.3) is 5.91 Å². The average molecular weight is 483 g/mol. The molecule has 1 saturated heterocycles. The number of nitrogens with zero attached hydrogens (tertiary/aromatic N) is 3. The standard InChI is InChI=1S/C21H27ClN4O5S/c1-14-20(15(2)25(3)24-14)21(28)31-13-19(27)23-18-12-16(8-9-17(18)22)32(29,30)26-10-6-4-5-7-11-26/h8-9,12H,4-7,10-11,13H2,1-3H3,(H,23,27). The van der Waals surface area contributed by atoms with E-state index >= 15 is 0 Å². The molecule has 0 saturated carbocycles. The van der Waals surface area contributed by atoms with Gasteiger partial charge in [0.1, 0.15) is 5.56 Å². The van der Waals surface area contributed by atoms with E-state index in [-0.39, 0.29) is 15.6 Å². The molecule has 0 bridgehead atoms. The summed E-state index contributed by atoms with van der Waals surface area (Å²) in [4.78, 5) is 24.8. The predicted octanol–water partition coefficient (Wildman–Crippen LogP) is 3.05. The van der Waals surface area contributed by atoms with Gasteiger partial charge in [0.05, 0.1) is 21.3 Å². The Morgan fingerprint density at radius 1 is 1.16 bits per heavy atom.